The topological polar surface area (TPSA) is 0 Å². The molecule has 2 aliphatic rings. The first-order valence-corrected chi connectivity index (χ1v) is 7.34. The first-order chi connectivity index (χ1) is 7.19. The van der Waals surface area contributed by atoms with Gasteiger partial charge in [0.1, 0.15) is 0 Å². The molecular formula is C14H20LiP. The third-order valence-corrected chi connectivity index (χ3v) is 5.87. The Balaban J connectivity index is 0.000000963. The van der Waals surface area contributed by atoms with Crippen LogP contribution in [0.2, 0.25) is 0 Å². The Bertz CT molecular complexity index is 372. The predicted octanol–water partition coefficient (Wildman–Crippen LogP) is 0.685. The minimum Gasteiger partial charge on any atom is -0.209 e. The molecule has 1 aromatic carbocycles. The largest absolute Gasteiger partial charge is 1.00 e. The fourth-order valence-corrected chi connectivity index (χ4v) is 5.02. The molecular weight excluding hydrogens is 206 g/mol. The van der Waals surface area contributed by atoms with Crippen LogP contribution in [-0.4, -0.2) is 5.66 Å². The Morgan fingerprint density at radius 2 is 1.94 bits per heavy atom. The summed E-state index contributed by atoms with van der Waals surface area (Å²) < 4.78 is 0. The van der Waals surface area contributed by atoms with Crippen LogP contribution in [0.15, 0.2) is 12.1 Å². The number of rotatable bonds is 2. The van der Waals surface area contributed by atoms with Crippen molar-refractivity contribution in [2.24, 2.45) is 0 Å². The molecule has 3 rings (SSSR count). The van der Waals surface area contributed by atoms with Crippen LogP contribution in [-0.2, 0) is 5.41 Å². The van der Waals surface area contributed by atoms with E-state index in [1.54, 1.807) is 16.4 Å². The zero-order valence-electron chi connectivity index (χ0n) is 10.8. The Hall–Kier alpha value is 0.377. The van der Waals surface area contributed by atoms with E-state index in [4.69, 9.17) is 0 Å². The summed E-state index contributed by atoms with van der Waals surface area (Å²) in [5.41, 5.74) is 4.79. The minimum atomic E-state index is 0. The van der Waals surface area contributed by atoms with E-state index in [9.17, 15) is 0 Å². The van der Waals surface area contributed by atoms with E-state index in [-0.39, 0.29) is 18.9 Å². The summed E-state index contributed by atoms with van der Waals surface area (Å²) >= 11 is 0. The third-order valence-electron chi connectivity index (χ3n) is 4.16. The van der Waals surface area contributed by atoms with Gasteiger partial charge in [-0.2, -0.15) is 17.2 Å². The Morgan fingerprint density at radius 1 is 1.25 bits per heavy atom. The van der Waals surface area contributed by atoms with Gasteiger partial charge in [-0.05, 0) is 18.5 Å². The standard InChI is InChI=1S/C14H20P.Li/c1-14(2)11-8-9-12(13(11)14)15-10-6-4-3-5-7-10;/h8-10,15H,3-7H2,1-2H3;/q-1;+1. The number of fused-ring (bicyclic) bond motifs is 1. The van der Waals surface area contributed by atoms with Crippen LogP contribution in [0.4, 0.5) is 0 Å². The maximum absolute atomic E-state index is 2.39. The van der Waals surface area contributed by atoms with E-state index in [0.717, 1.165) is 14.2 Å². The molecule has 0 N–H and O–H groups in total. The second kappa shape index (κ2) is 4.57. The summed E-state index contributed by atoms with van der Waals surface area (Å²) in [7, 11) is 1.10. The van der Waals surface area contributed by atoms with E-state index < -0.39 is 0 Å². The van der Waals surface area contributed by atoms with Gasteiger partial charge in [0.15, 0.2) is 0 Å². The molecule has 1 atom stereocenters. The fourth-order valence-electron chi connectivity index (χ4n) is 3.11. The molecule has 0 aliphatic heterocycles. The van der Waals surface area contributed by atoms with E-state index in [1.807, 2.05) is 0 Å². The van der Waals surface area contributed by atoms with E-state index >= 15 is 0 Å². The van der Waals surface area contributed by atoms with E-state index in [0.29, 0.717) is 5.41 Å². The van der Waals surface area contributed by atoms with Gasteiger partial charge in [-0.25, -0.2) is 6.07 Å². The van der Waals surface area contributed by atoms with Gasteiger partial charge in [-0.15, -0.1) is 13.9 Å². The molecule has 0 amide bonds. The third kappa shape index (κ3) is 2.06. The second-order valence-electron chi connectivity index (χ2n) is 5.64. The molecule has 1 fully saturated rings. The Labute approximate surface area is 113 Å². The minimum absolute atomic E-state index is 0. The monoisotopic (exact) mass is 226 g/mol. The van der Waals surface area contributed by atoms with E-state index in [1.165, 1.54) is 32.1 Å². The van der Waals surface area contributed by atoms with E-state index in [2.05, 4.69) is 26.0 Å². The van der Waals surface area contributed by atoms with Gasteiger partial charge >= 0.3 is 18.9 Å². The van der Waals surface area contributed by atoms with Gasteiger partial charge in [0.2, 0.25) is 0 Å². The van der Waals surface area contributed by atoms with Crippen molar-refractivity contribution in [2.75, 3.05) is 0 Å². The van der Waals surface area contributed by atoms with Gasteiger partial charge in [-0.3, -0.25) is 0 Å². The first-order valence-electron chi connectivity index (χ1n) is 6.27. The number of hydrogen-bond acceptors (Lipinski definition) is 0. The number of hydrogen-bond donors (Lipinski definition) is 0. The van der Waals surface area contributed by atoms with Crippen molar-refractivity contribution in [3.05, 3.63) is 23.3 Å². The van der Waals surface area contributed by atoms with Crippen molar-refractivity contribution in [1.29, 1.82) is 0 Å². The quantitative estimate of drug-likeness (QED) is 0.395. The molecule has 1 saturated carbocycles. The van der Waals surface area contributed by atoms with Gasteiger partial charge in [0.05, 0.1) is 0 Å². The molecule has 2 heteroatoms. The predicted molar refractivity (Wildman–Crippen MR) is 69.0 cm³/mol. The molecule has 0 aromatic heterocycles. The van der Waals surface area contributed by atoms with Crippen molar-refractivity contribution >= 4 is 13.9 Å². The van der Waals surface area contributed by atoms with Crippen LogP contribution in [0, 0.1) is 0 Å². The molecule has 16 heavy (non-hydrogen) atoms. The first kappa shape index (κ1) is 12.8. The molecule has 82 valence electrons. The smallest absolute Gasteiger partial charge is 0.209 e. The molecule has 0 bridgehead atoms. The average molecular weight is 226 g/mol. The summed E-state index contributed by atoms with van der Waals surface area (Å²) in [5.74, 6) is 0. The zero-order chi connectivity index (χ0) is 10.5. The molecule has 0 radical (unpaired) electrons. The molecule has 1 aromatic rings. The van der Waals surface area contributed by atoms with Crippen LogP contribution in [0.1, 0.15) is 57.1 Å². The Kier molecular flexibility index (Phi) is 3.66. The van der Waals surface area contributed by atoms with Gasteiger partial charge in [-0.1, -0.05) is 38.5 Å². The molecule has 1 unspecified atom stereocenters. The molecule has 0 heterocycles. The molecule has 0 spiro atoms. The van der Waals surface area contributed by atoms with Crippen LogP contribution >= 0.6 is 8.58 Å². The maximum atomic E-state index is 2.39. The normalized spacial score (nSPS) is 23.1. The molecule has 0 nitrogen and oxygen atoms in total. The van der Waals surface area contributed by atoms with Gasteiger partial charge in [0.25, 0.3) is 0 Å². The summed E-state index contributed by atoms with van der Waals surface area (Å²) in [6.45, 7) is 4.74. The van der Waals surface area contributed by atoms with Crippen LogP contribution in [0.3, 0.4) is 0 Å². The maximum Gasteiger partial charge on any atom is 1.00 e. The summed E-state index contributed by atoms with van der Waals surface area (Å²) in [6, 6.07) is 4.75. The van der Waals surface area contributed by atoms with Crippen LogP contribution < -0.4 is 24.2 Å². The van der Waals surface area contributed by atoms with Crippen LogP contribution in [0.5, 0.6) is 0 Å². The van der Waals surface area contributed by atoms with Crippen molar-refractivity contribution in [2.45, 2.75) is 57.0 Å². The summed E-state index contributed by atoms with van der Waals surface area (Å²) in [5, 5.41) is 1.70. The van der Waals surface area contributed by atoms with Crippen LogP contribution in [0.25, 0.3) is 0 Å². The fraction of sp³-hybridized carbons (Fsp3) is 0.643. The summed E-state index contributed by atoms with van der Waals surface area (Å²) in [4.78, 5) is 0. The van der Waals surface area contributed by atoms with Crippen molar-refractivity contribution in [3.8, 4) is 0 Å². The molecule has 0 saturated heterocycles. The van der Waals surface area contributed by atoms with Crippen molar-refractivity contribution in [1.82, 2.24) is 0 Å². The van der Waals surface area contributed by atoms with Crippen molar-refractivity contribution in [3.63, 3.8) is 0 Å². The van der Waals surface area contributed by atoms with Gasteiger partial charge < -0.3 is 0 Å². The average Bonchev–Trinajstić information content (AvgIpc) is 2.61. The second-order valence-corrected chi connectivity index (χ2v) is 7.28. The van der Waals surface area contributed by atoms with Gasteiger partial charge in [0, 0.05) is 0 Å². The van der Waals surface area contributed by atoms with Crippen molar-refractivity contribution < 1.29 is 18.9 Å². The SMILES string of the molecule is CC1(C)c2cc[c-](PC3CCCCC3)c21.[Li+]. The molecule has 2 aliphatic carbocycles. The Morgan fingerprint density at radius 3 is 2.50 bits per heavy atom. The zero-order valence-corrected chi connectivity index (χ0v) is 11.8. The summed E-state index contributed by atoms with van der Waals surface area (Å²) in [6.07, 6.45) is 7.40.